The molecule has 1 aliphatic rings. The molecule has 0 aliphatic carbocycles. The van der Waals surface area contributed by atoms with E-state index in [0.29, 0.717) is 10.6 Å². The fraction of sp³-hybridized carbons (Fsp3) is 0.692. The molecule has 94 valence electrons. The Labute approximate surface area is 108 Å². The van der Waals surface area contributed by atoms with Crippen LogP contribution in [0.1, 0.15) is 38.2 Å². The monoisotopic (exact) mass is 253 g/mol. The van der Waals surface area contributed by atoms with Crippen LogP contribution in [0.2, 0.25) is 5.15 Å². The van der Waals surface area contributed by atoms with Gasteiger partial charge < -0.3 is 0 Å². The minimum absolute atomic E-state index is 0.409. The summed E-state index contributed by atoms with van der Waals surface area (Å²) in [5, 5.41) is 0.545. The van der Waals surface area contributed by atoms with Gasteiger partial charge in [0.1, 0.15) is 11.0 Å². The third-order valence-electron chi connectivity index (χ3n) is 3.21. The zero-order valence-corrected chi connectivity index (χ0v) is 11.6. The van der Waals surface area contributed by atoms with Gasteiger partial charge in [0.25, 0.3) is 0 Å². The van der Waals surface area contributed by atoms with Crippen LogP contribution in [0.5, 0.6) is 0 Å². The van der Waals surface area contributed by atoms with E-state index in [9.17, 15) is 0 Å². The van der Waals surface area contributed by atoms with E-state index >= 15 is 0 Å². The lowest BCUT2D eigenvalue weighted by Crippen LogP contribution is -2.39. The summed E-state index contributed by atoms with van der Waals surface area (Å²) >= 11 is 5.95. The fourth-order valence-corrected chi connectivity index (χ4v) is 2.79. The lowest BCUT2D eigenvalue weighted by molar-refractivity contribution is 0.109. The molecule has 0 aromatic carbocycles. The molecule has 0 saturated carbocycles. The number of hydrogen-bond acceptors (Lipinski definition) is 3. The molecule has 3 nitrogen and oxygen atoms in total. The van der Waals surface area contributed by atoms with Crippen LogP contribution in [0.3, 0.4) is 0 Å². The zero-order chi connectivity index (χ0) is 12.5. The zero-order valence-electron chi connectivity index (χ0n) is 10.8. The maximum atomic E-state index is 5.95. The molecule has 1 fully saturated rings. The standard InChI is InChI=1S/C13H20ClN3/c1-10-7-11(14)16-12(15-10)8-17-6-4-5-13(2,3)9-17/h7H,4-6,8-9H2,1-3H3. The Bertz CT molecular complexity index is 383. The van der Waals surface area contributed by atoms with Gasteiger partial charge in [0.15, 0.2) is 0 Å². The normalized spacial score (nSPS) is 20.5. The lowest BCUT2D eigenvalue weighted by atomic mass is 9.84. The summed E-state index contributed by atoms with van der Waals surface area (Å²) in [6.07, 6.45) is 2.56. The van der Waals surface area contributed by atoms with Crippen molar-refractivity contribution >= 4 is 11.6 Å². The van der Waals surface area contributed by atoms with Gasteiger partial charge in [-0.1, -0.05) is 25.4 Å². The second-order valence-corrected chi connectivity index (χ2v) is 6.11. The molecule has 2 rings (SSSR count). The summed E-state index contributed by atoms with van der Waals surface area (Å²) in [4.78, 5) is 11.2. The Morgan fingerprint density at radius 2 is 2.18 bits per heavy atom. The van der Waals surface area contributed by atoms with Gasteiger partial charge >= 0.3 is 0 Å². The van der Waals surface area contributed by atoms with E-state index in [1.165, 1.54) is 12.8 Å². The number of halogens is 1. The molecule has 0 spiro atoms. The molecule has 0 N–H and O–H groups in total. The number of aryl methyl sites for hydroxylation is 1. The Hall–Kier alpha value is -0.670. The SMILES string of the molecule is Cc1cc(Cl)nc(CN2CCCC(C)(C)C2)n1. The number of aromatic nitrogens is 2. The summed E-state index contributed by atoms with van der Waals surface area (Å²) in [6, 6.07) is 1.80. The van der Waals surface area contributed by atoms with Crippen molar-refractivity contribution in [3.05, 3.63) is 22.7 Å². The van der Waals surface area contributed by atoms with Crippen molar-refractivity contribution in [2.75, 3.05) is 13.1 Å². The van der Waals surface area contributed by atoms with Crippen LogP contribution in [-0.4, -0.2) is 28.0 Å². The van der Waals surface area contributed by atoms with E-state index in [1.54, 1.807) is 6.07 Å². The second-order valence-electron chi connectivity index (χ2n) is 5.73. The number of likely N-dealkylation sites (tertiary alicyclic amines) is 1. The van der Waals surface area contributed by atoms with E-state index in [2.05, 4.69) is 28.7 Å². The van der Waals surface area contributed by atoms with Gasteiger partial charge in [-0.2, -0.15) is 0 Å². The molecule has 1 saturated heterocycles. The van der Waals surface area contributed by atoms with Crippen molar-refractivity contribution in [3.63, 3.8) is 0 Å². The number of rotatable bonds is 2. The minimum Gasteiger partial charge on any atom is -0.295 e. The van der Waals surface area contributed by atoms with Crippen molar-refractivity contribution < 1.29 is 0 Å². The quantitative estimate of drug-likeness (QED) is 0.759. The van der Waals surface area contributed by atoms with Gasteiger partial charge in [-0.15, -0.1) is 0 Å². The summed E-state index contributed by atoms with van der Waals surface area (Å²) in [7, 11) is 0. The molecule has 17 heavy (non-hydrogen) atoms. The van der Waals surface area contributed by atoms with Crippen LogP contribution in [0, 0.1) is 12.3 Å². The third-order valence-corrected chi connectivity index (χ3v) is 3.41. The molecular formula is C13H20ClN3. The summed E-state index contributed by atoms with van der Waals surface area (Å²) < 4.78 is 0. The third kappa shape index (κ3) is 3.65. The van der Waals surface area contributed by atoms with Crippen molar-refractivity contribution in [2.24, 2.45) is 5.41 Å². The average Bonchev–Trinajstić information content (AvgIpc) is 2.13. The van der Waals surface area contributed by atoms with E-state index in [1.807, 2.05) is 6.92 Å². The molecule has 0 bridgehead atoms. The Balaban J connectivity index is 2.05. The van der Waals surface area contributed by atoms with Crippen molar-refractivity contribution in [3.8, 4) is 0 Å². The van der Waals surface area contributed by atoms with Crippen LogP contribution >= 0.6 is 11.6 Å². The molecule has 2 heterocycles. The minimum atomic E-state index is 0.409. The molecule has 0 amide bonds. The van der Waals surface area contributed by atoms with Crippen LogP contribution in [0.4, 0.5) is 0 Å². The predicted molar refractivity (Wildman–Crippen MR) is 70.1 cm³/mol. The highest BCUT2D eigenvalue weighted by atomic mass is 35.5. The highest BCUT2D eigenvalue weighted by Gasteiger charge is 2.26. The van der Waals surface area contributed by atoms with Gasteiger partial charge in [0, 0.05) is 12.2 Å². The largest absolute Gasteiger partial charge is 0.295 e. The molecule has 1 aromatic rings. The Morgan fingerprint density at radius 3 is 2.82 bits per heavy atom. The second kappa shape index (κ2) is 4.91. The highest BCUT2D eigenvalue weighted by molar-refractivity contribution is 6.29. The predicted octanol–water partition coefficient (Wildman–Crippen LogP) is 3.06. The van der Waals surface area contributed by atoms with Gasteiger partial charge in [-0.25, -0.2) is 9.97 Å². The molecule has 0 unspecified atom stereocenters. The van der Waals surface area contributed by atoms with Gasteiger partial charge in [0.05, 0.1) is 6.54 Å². The molecule has 1 aliphatic heterocycles. The maximum absolute atomic E-state index is 5.95. The maximum Gasteiger partial charge on any atom is 0.144 e. The molecule has 4 heteroatoms. The summed E-state index contributed by atoms with van der Waals surface area (Å²) in [5.41, 5.74) is 1.35. The topological polar surface area (TPSA) is 29.0 Å². The smallest absolute Gasteiger partial charge is 0.144 e. The van der Waals surface area contributed by atoms with Crippen LogP contribution in [-0.2, 0) is 6.54 Å². The number of piperidine rings is 1. The number of hydrogen-bond donors (Lipinski definition) is 0. The average molecular weight is 254 g/mol. The first-order valence-corrected chi connectivity index (χ1v) is 6.55. The van der Waals surface area contributed by atoms with Gasteiger partial charge in [0.2, 0.25) is 0 Å². The summed E-state index contributed by atoms with van der Waals surface area (Å²) in [5.74, 6) is 0.840. The van der Waals surface area contributed by atoms with E-state index < -0.39 is 0 Å². The molecule has 1 aromatic heterocycles. The molecule has 0 atom stereocenters. The first-order valence-electron chi connectivity index (χ1n) is 6.17. The highest BCUT2D eigenvalue weighted by Crippen LogP contribution is 2.28. The molecule has 0 radical (unpaired) electrons. The first kappa shape index (κ1) is 12.8. The number of nitrogens with zero attached hydrogens (tertiary/aromatic N) is 3. The van der Waals surface area contributed by atoms with E-state index in [-0.39, 0.29) is 0 Å². The van der Waals surface area contributed by atoms with Crippen LogP contribution < -0.4 is 0 Å². The fourth-order valence-electron chi connectivity index (χ4n) is 2.54. The van der Waals surface area contributed by atoms with E-state index in [4.69, 9.17) is 11.6 Å². The Kier molecular flexibility index (Phi) is 3.69. The van der Waals surface area contributed by atoms with Crippen molar-refractivity contribution in [1.29, 1.82) is 0 Å². The van der Waals surface area contributed by atoms with Crippen molar-refractivity contribution in [1.82, 2.24) is 14.9 Å². The molecular weight excluding hydrogens is 234 g/mol. The van der Waals surface area contributed by atoms with Crippen molar-refractivity contribution in [2.45, 2.75) is 40.2 Å². The van der Waals surface area contributed by atoms with Crippen LogP contribution in [0.25, 0.3) is 0 Å². The van der Waals surface area contributed by atoms with E-state index in [0.717, 1.165) is 31.2 Å². The first-order chi connectivity index (χ1) is 7.94. The Morgan fingerprint density at radius 1 is 1.41 bits per heavy atom. The summed E-state index contributed by atoms with van der Waals surface area (Å²) in [6.45, 7) is 9.66. The van der Waals surface area contributed by atoms with Crippen LogP contribution in [0.15, 0.2) is 6.07 Å². The van der Waals surface area contributed by atoms with Gasteiger partial charge in [-0.3, -0.25) is 4.90 Å². The van der Waals surface area contributed by atoms with Gasteiger partial charge in [-0.05, 0) is 37.8 Å². The lowest BCUT2D eigenvalue weighted by Gasteiger charge is -2.37.